The zero-order valence-electron chi connectivity index (χ0n) is 10.0. The van der Waals surface area contributed by atoms with Crippen molar-refractivity contribution < 1.29 is 27.4 Å². The zero-order valence-corrected chi connectivity index (χ0v) is 10.0. The fraction of sp³-hybridized carbons (Fsp3) is 0.900. The molecule has 0 fully saturated rings. The second-order valence-corrected chi connectivity index (χ2v) is 3.41. The van der Waals surface area contributed by atoms with E-state index in [1.807, 2.05) is 0 Å². The summed E-state index contributed by atoms with van der Waals surface area (Å²) in [6, 6.07) is 0. The molecule has 0 rings (SSSR count). The average Bonchev–Trinajstić information content (AvgIpc) is 2.21. The maximum absolute atomic E-state index is 12.2. The van der Waals surface area contributed by atoms with E-state index in [1.165, 1.54) is 7.11 Å². The standard InChI is InChI=1S/C10H18F3NO3/c1-3-17-6-4-5-14(8-10(11,12)13)9(15)7-16-2/h3-8H2,1-2H3. The Morgan fingerprint density at radius 3 is 2.47 bits per heavy atom. The topological polar surface area (TPSA) is 38.8 Å². The molecule has 0 aliphatic carbocycles. The summed E-state index contributed by atoms with van der Waals surface area (Å²) >= 11 is 0. The Labute approximate surface area is 98.7 Å². The van der Waals surface area contributed by atoms with Crippen molar-refractivity contribution in [1.82, 2.24) is 4.90 Å². The molecule has 17 heavy (non-hydrogen) atoms. The molecule has 1 amide bonds. The van der Waals surface area contributed by atoms with Crippen molar-refractivity contribution >= 4 is 5.91 Å². The van der Waals surface area contributed by atoms with E-state index in [0.29, 0.717) is 19.6 Å². The minimum atomic E-state index is -4.39. The molecule has 0 unspecified atom stereocenters. The third kappa shape index (κ3) is 8.93. The molecule has 0 radical (unpaired) electrons. The van der Waals surface area contributed by atoms with E-state index in [-0.39, 0.29) is 13.2 Å². The van der Waals surface area contributed by atoms with E-state index in [9.17, 15) is 18.0 Å². The number of halogens is 3. The highest BCUT2D eigenvalue weighted by Gasteiger charge is 2.32. The van der Waals surface area contributed by atoms with Crippen molar-refractivity contribution in [2.75, 3.05) is 40.0 Å². The SMILES string of the molecule is CCOCCCN(CC(F)(F)F)C(=O)COC. The monoisotopic (exact) mass is 257 g/mol. The van der Waals surface area contributed by atoms with Crippen LogP contribution in [0.2, 0.25) is 0 Å². The molecule has 0 N–H and O–H groups in total. The Morgan fingerprint density at radius 2 is 2.00 bits per heavy atom. The average molecular weight is 257 g/mol. The number of carbonyl (C=O) groups is 1. The van der Waals surface area contributed by atoms with Gasteiger partial charge in [0.1, 0.15) is 13.2 Å². The van der Waals surface area contributed by atoms with Gasteiger partial charge in [0.25, 0.3) is 0 Å². The third-order valence-corrected chi connectivity index (χ3v) is 1.91. The summed E-state index contributed by atoms with van der Waals surface area (Å²) in [5.41, 5.74) is 0. The molecule has 0 heterocycles. The maximum atomic E-state index is 12.2. The Morgan fingerprint density at radius 1 is 1.35 bits per heavy atom. The first-order valence-electron chi connectivity index (χ1n) is 5.32. The summed E-state index contributed by atoms with van der Waals surface area (Å²) in [6.07, 6.45) is -4.02. The van der Waals surface area contributed by atoms with Gasteiger partial charge in [0.15, 0.2) is 0 Å². The van der Waals surface area contributed by atoms with Crippen LogP contribution in [0.3, 0.4) is 0 Å². The second-order valence-electron chi connectivity index (χ2n) is 3.41. The van der Waals surface area contributed by atoms with Gasteiger partial charge in [-0.3, -0.25) is 4.79 Å². The van der Waals surface area contributed by atoms with Gasteiger partial charge in [-0.1, -0.05) is 0 Å². The summed E-state index contributed by atoms with van der Waals surface area (Å²) in [5.74, 6) is -0.665. The molecule has 102 valence electrons. The normalized spacial score (nSPS) is 11.6. The first-order valence-corrected chi connectivity index (χ1v) is 5.32. The Kier molecular flexibility index (Phi) is 7.90. The zero-order chi connectivity index (χ0) is 13.3. The van der Waals surface area contributed by atoms with Crippen molar-refractivity contribution in [2.45, 2.75) is 19.5 Å². The van der Waals surface area contributed by atoms with Gasteiger partial charge < -0.3 is 14.4 Å². The van der Waals surface area contributed by atoms with Gasteiger partial charge in [-0.25, -0.2) is 0 Å². The van der Waals surface area contributed by atoms with Crippen molar-refractivity contribution in [3.05, 3.63) is 0 Å². The number of nitrogens with zero attached hydrogens (tertiary/aromatic N) is 1. The van der Waals surface area contributed by atoms with Crippen molar-refractivity contribution in [1.29, 1.82) is 0 Å². The van der Waals surface area contributed by atoms with Crippen LogP contribution in [0.25, 0.3) is 0 Å². The van der Waals surface area contributed by atoms with E-state index >= 15 is 0 Å². The molecule has 0 aliphatic rings. The third-order valence-electron chi connectivity index (χ3n) is 1.91. The molecule has 0 saturated heterocycles. The fourth-order valence-corrected chi connectivity index (χ4v) is 1.22. The lowest BCUT2D eigenvalue weighted by Crippen LogP contribution is -2.41. The minimum Gasteiger partial charge on any atom is -0.382 e. The molecule has 0 atom stereocenters. The van der Waals surface area contributed by atoms with Crippen LogP contribution < -0.4 is 0 Å². The van der Waals surface area contributed by atoms with Crippen molar-refractivity contribution in [2.24, 2.45) is 0 Å². The van der Waals surface area contributed by atoms with Crippen LogP contribution in [0.1, 0.15) is 13.3 Å². The molecule has 7 heteroatoms. The van der Waals surface area contributed by atoms with Crippen LogP contribution in [0.15, 0.2) is 0 Å². The van der Waals surface area contributed by atoms with Crippen LogP contribution in [0.5, 0.6) is 0 Å². The van der Waals surface area contributed by atoms with Crippen LogP contribution in [0.4, 0.5) is 13.2 Å². The van der Waals surface area contributed by atoms with E-state index in [4.69, 9.17) is 4.74 Å². The molecule has 0 saturated carbocycles. The number of alkyl halides is 3. The maximum Gasteiger partial charge on any atom is 0.406 e. The second kappa shape index (κ2) is 8.30. The summed E-state index contributed by atoms with van der Waals surface area (Å²) < 4.78 is 46.2. The number of amides is 1. The summed E-state index contributed by atoms with van der Waals surface area (Å²) in [7, 11) is 1.27. The van der Waals surface area contributed by atoms with E-state index in [2.05, 4.69) is 4.74 Å². The molecule has 0 aliphatic heterocycles. The molecule has 0 aromatic rings. The predicted molar refractivity (Wildman–Crippen MR) is 55.6 cm³/mol. The number of methoxy groups -OCH3 is 1. The Hall–Kier alpha value is -0.820. The fourth-order valence-electron chi connectivity index (χ4n) is 1.22. The molecular formula is C10H18F3NO3. The number of hydrogen-bond donors (Lipinski definition) is 0. The molecule has 4 nitrogen and oxygen atoms in total. The highest BCUT2D eigenvalue weighted by Crippen LogP contribution is 2.16. The number of ether oxygens (including phenoxy) is 2. The highest BCUT2D eigenvalue weighted by atomic mass is 19.4. The lowest BCUT2D eigenvalue weighted by atomic mass is 10.3. The van der Waals surface area contributed by atoms with Gasteiger partial charge in [0.05, 0.1) is 0 Å². The molecule has 0 aromatic carbocycles. The van der Waals surface area contributed by atoms with Gasteiger partial charge in [-0.2, -0.15) is 13.2 Å². The van der Waals surface area contributed by atoms with Gasteiger partial charge in [0.2, 0.25) is 5.91 Å². The van der Waals surface area contributed by atoms with Crippen LogP contribution >= 0.6 is 0 Å². The van der Waals surface area contributed by atoms with Crippen LogP contribution in [-0.2, 0) is 14.3 Å². The van der Waals surface area contributed by atoms with E-state index in [1.54, 1.807) is 6.92 Å². The Bertz CT molecular complexity index is 221. The quantitative estimate of drug-likeness (QED) is 0.618. The summed E-state index contributed by atoms with van der Waals surface area (Å²) in [6.45, 7) is 1.06. The Balaban J connectivity index is 4.16. The summed E-state index contributed by atoms with van der Waals surface area (Å²) in [4.78, 5) is 12.1. The van der Waals surface area contributed by atoms with E-state index < -0.39 is 18.6 Å². The van der Waals surface area contributed by atoms with Gasteiger partial charge in [-0.05, 0) is 13.3 Å². The number of rotatable bonds is 8. The van der Waals surface area contributed by atoms with Gasteiger partial charge in [-0.15, -0.1) is 0 Å². The van der Waals surface area contributed by atoms with Gasteiger partial charge in [0, 0.05) is 26.9 Å². The summed E-state index contributed by atoms with van der Waals surface area (Å²) in [5, 5.41) is 0. The van der Waals surface area contributed by atoms with Crippen molar-refractivity contribution in [3.63, 3.8) is 0 Å². The lowest BCUT2D eigenvalue weighted by Gasteiger charge is -2.23. The van der Waals surface area contributed by atoms with Crippen LogP contribution in [0, 0.1) is 0 Å². The first kappa shape index (κ1) is 16.2. The highest BCUT2D eigenvalue weighted by molar-refractivity contribution is 5.77. The molecule has 0 bridgehead atoms. The van der Waals surface area contributed by atoms with E-state index in [0.717, 1.165) is 4.90 Å². The predicted octanol–water partition coefficient (Wildman–Crippen LogP) is 1.45. The molecular weight excluding hydrogens is 239 g/mol. The van der Waals surface area contributed by atoms with Crippen LogP contribution in [-0.4, -0.2) is 57.0 Å². The minimum absolute atomic E-state index is 0.0156. The molecule has 0 spiro atoms. The smallest absolute Gasteiger partial charge is 0.382 e. The van der Waals surface area contributed by atoms with Crippen molar-refractivity contribution in [3.8, 4) is 0 Å². The lowest BCUT2D eigenvalue weighted by molar-refractivity contribution is -0.163. The number of carbonyl (C=O) groups excluding carboxylic acids is 1. The largest absolute Gasteiger partial charge is 0.406 e. The number of hydrogen-bond acceptors (Lipinski definition) is 3. The first-order chi connectivity index (χ1) is 7.90. The van der Waals surface area contributed by atoms with Gasteiger partial charge >= 0.3 is 6.18 Å². The molecule has 0 aromatic heterocycles.